The number of carbonyl (C=O) groups excluding carboxylic acids is 1. The van der Waals surface area contributed by atoms with Gasteiger partial charge in [0.2, 0.25) is 0 Å². The predicted octanol–water partition coefficient (Wildman–Crippen LogP) is 3.17. The van der Waals surface area contributed by atoms with E-state index < -0.39 is 0 Å². The molecule has 1 aliphatic heterocycles. The average Bonchev–Trinajstić information content (AvgIpc) is 2.87. The lowest BCUT2D eigenvalue weighted by Crippen LogP contribution is -2.36. The second-order valence-corrected chi connectivity index (χ2v) is 6.96. The van der Waals surface area contributed by atoms with E-state index in [-0.39, 0.29) is 12.1 Å². The number of aromatic nitrogens is 1. The summed E-state index contributed by atoms with van der Waals surface area (Å²) in [5.41, 5.74) is 0.965. The van der Waals surface area contributed by atoms with Crippen LogP contribution >= 0.6 is 11.3 Å². The summed E-state index contributed by atoms with van der Waals surface area (Å²) in [5, 5.41) is 6.65. The summed E-state index contributed by atoms with van der Waals surface area (Å²) in [7, 11) is 0. The molecule has 2 heterocycles. The van der Waals surface area contributed by atoms with E-state index in [4.69, 9.17) is 9.47 Å². The van der Waals surface area contributed by atoms with Crippen molar-refractivity contribution in [2.75, 3.05) is 13.2 Å². The van der Waals surface area contributed by atoms with Crippen LogP contribution in [0, 0.1) is 6.92 Å². The number of ether oxygens (including phenoxy) is 2. The van der Waals surface area contributed by atoms with Gasteiger partial charge in [-0.25, -0.2) is 9.78 Å². The third-order valence-electron chi connectivity index (χ3n) is 3.62. The van der Waals surface area contributed by atoms with Crippen LogP contribution in [0.5, 0.6) is 11.5 Å². The highest BCUT2D eigenvalue weighted by Gasteiger charge is 2.14. The van der Waals surface area contributed by atoms with Crippen molar-refractivity contribution in [1.82, 2.24) is 15.6 Å². The van der Waals surface area contributed by atoms with Gasteiger partial charge in [0.1, 0.15) is 5.01 Å². The molecule has 0 bridgehead atoms. The molecule has 2 amide bonds. The van der Waals surface area contributed by atoms with Gasteiger partial charge in [-0.2, -0.15) is 0 Å². The highest BCUT2D eigenvalue weighted by atomic mass is 32.1. The van der Waals surface area contributed by atoms with E-state index in [2.05, 4.69) is 15.6 Å². The topological polar surface area (TPSA) is 72.5 Å². The molecule has 0 fully saturated rings. The fourth-order valence-electron chi connectivity index (χ4n) is 2.38. The molecule has 1 unspecified atom stereocenters. The number of hydrogen-bond donors (Lipinski definition) is 2. The quantitative estimate of drug-likeness (QED) is 0.891. The Morgan fingerprint density at radius 2 is 2.12 bits per heavy atom. The Morgan fingerprint density at radius 3 is 2.88 bits per heavy atom. The van der Waals surface area contributed by atoms with Crippen LogP contribution in [0.25, 0.3) is 0 Å². The van der Waals surface area contributed by atoms with Gasteiger partial charge < -0.3 is 20.1 Å². The van der Waals surface area contributed by atoms with Crippen molar-refractivity contribution in [1.29, 1.82) is 0 Å². The fraction of sp³-hybridized carbons (Fsp3) is 0.412. The van der Waals surface area contributed by atoms with Gasteiger partial charge in [-0.15, -0.1) is 11.3 Å². The SMILES string of the molecule is Cc1cnc(C(C)NC(=O)NCc2ccc3c(c2)OCCCO3)s1. The summed E-state index contributed by atoms with van der Waals surface area (Å²) >= 11 is 1.59. The van der Waals surface area contributed by atoms with Crippen LogP contribution in [-0.4, -0.2) is 24.2 Å². The molecule has 0 radical (unpaired) electrons. The van der Waals surface area contributed by atoms with Crippen LogP contribution in [0.3, 0.4) is 0 Å². The summed E-state index contributed by atoms with van der Waals surface area (Å²) in [6.07, 6.45) is 2.69. The Labute approximate surface area is 145 Å². The van der Waals surface area contributed by atoms with Crippen molar-refractivity contribution in [3.63, 3.8) is 0 Å². The summed E-state index contributed by atoms with van der Waals surface area (Å²) in [6, 6.07) is 5.39. The third-order valence-corrected chi connectivity index (χ3v) is 4.72. The summed E-state index contributed by atoms with van der Waals surface area (Å²) in [4.78, 5) is 17.5. The molecule has 1 atom stereocenters. The predicted molar refractivity (Wildman–Crippen MR) is 92.7 cm³/mol. The van der Waals surface area contributed by atoms with Gasteiger partial charge in [0.25, 0.3) is 0 Å². The zero-order valence-corrected chi connectivity index (χ0v) is 14.6. The fourth-order valence-corrected chi connectivity index (χ4v) is 3.16. The van der Waals surface area contributed by atoms with E-state index in [0.29, 0.717) is 19.8 Å². The molecule has 128 valence electrons. The largest absolute Gasteiger partial charge is 0.490 e. The molecule has 0 saturated heterocycles. The van der Waals surface area contributed by atoms with Crippen molar-refractivity contribution < 1.29 is 14.3 Å². The molecule has 0 spiro atoms. The molecular weight excluding hydrogens is 326 g/mol. The van der Waals surface area contributed by atoms with E-state index in [1.165, 1.54) is 0 Å². The molecule has 6 nitrogen and oxygen atoms in total. The molecular formula is C17H21N3O3S. The number of thiazole rings is 1. The minimum Gasteiger partial charge on any atom is -0.490 e. The molecule has 24 heavy (non-hydrogen) atoms. The van der Waals surface area contributed by atoms with Crippen LogP contribution in [0.15, 0.2) is 24.4 Å². The van der Waals surface area contributed by atoms with Gasteiger partial charge >= 0.3 is 6.03 Å². The number of aryl methyl sites for hydroxylation is 1. The van der Waals surface area contributed by atoms with E-state index in [1.54, 1.807) is 11.3 Å². The molecule has 1 aromatic heterocycles. The highest BCUT2D eigenvalue weighted by Crippen LogP contribution is 2.30. The first-order chi connectivity index (χ1) is 11.6. The van der Waals surface area contributed by atoms with Gasteiger partial charge in [-0.05, 0) is 31.5 Å². The number of benzene rings is 1. The van der Waals surface area contributed by atoms with Gasteiger partial charge in [-0.1, -0.05) is 6.07 Å². The van der Waals surface area contributed by atoms with Gasteiger partial charge in [0.15, 0.2) is 11.5 Å². The second-order valence-electron chi connectivity index (χ2n) is 5.69. The zero-order valence-electron chi connectivity index (χ0n) is 13.8. The van der Waals surface area contributed by atoms with E-state index in [9.17, 15) is 4.79 Å². The van der Waals surface area contributed by atoms with Crippen molar-refractivity contribution in [2.24, 2.45) is 0 Å². The number of hydrogen-bond acceptors (Lipinski definition) is 5. The highest BCUT2D eigenvalue weighted by molar-refractivity contribution is 7.11. The number of nitrogens with one attached hydrogen (secondary N) is 2. The van der Waals surface area contributed by atoms with Crippen molar-refractivity contribution in [2.45, 2.75) is 32.9 Å². The standard InChI is InChI=1S/C17H21N3O3S/c1-11-9-18-16(24-11)12(2)20-17(21)19-10-13-4-5-14-15(8-13)23-7-3-6-22-14/h4-5,8-9,12H,3,6-7,10H2,1-2H3,(H2,19,20,21). The zero-order chi connectivity index (χ0) is 16.9. The van der Waals surface area contributed by atoms with Gasteiger partial charge in [0, 0.05) is 24.0 Å². The first kappa shape index (κ1) is 16.6. The maximum Gasteiger partial charge on any atom is 0.315 e. The molecule has 0 aliphatic carbocycles. The monoisotopic (exact) mass is 347 g/mol. The van der Waals surface area contributed by atoms with Crippen LogP contribution in [0.4, 0.5) is 4.79 Å². The van der Waals surface area contributed by atoms with Crippen molar-refractivity contribution in [3.8, 4) is 11.5 Å². The third kappa shape index (κ3) is 4.17. The van der Waals surface area contributed by atoms with E-state index in [0.717, 1.165) is 33.4 Å². The minimum atomic E-state index is -0.220. The first-order valence-electron chi connectivity index (χ1n) is 7.97. The lowest BCUT2D eigenvalue weighted by atomic mass is 10.2. The molecule has 1 aliphatic rings. The van der Waals surface area contributed by atoms with Crippen LogP contribution in [-0.2, 0) is 6.54 Å². The summed E-state index contributed by atoms with van der Waals surface area (Å²) in [6.45, 7) is 5.66. The second kappa shape index (κ2) is 7.53. The normalized spacial score (nSPS) is 14.6. The van der Waals surface area contributed by atoms with Crippen LogP contribution in [0.2, 0.25) is 0 Å². The molecule has 2 N–H and O–H groups in total. The maximum absolute atomic E-state index is 12.0. The molecule has 7 heteroatoms. The van der Waals surface area contributed by atoms with Crippen molar-refractivity contribution in [3.05, 3.63) is 39.8 Å². The molecule has 1 aromatic carbocycles. The van der Waals surface area contributed by atoms with E-state index >= 15 is 0 Å². The van der Waals surface area contributed by atoms with Crippen LogP contribution < -0.4 is 20.1 Å². The Balaban J connectivity index is 1.53. The first-order valence-corrected chi connectivity index (χ1v) is 8.78. The molecule has 3 rings (SSSR count). The number of nitrogens with zero attached hydrogens (tertiary/aromatic N) is 1. The summed E-state index contributed by atoms with van der Waals surface area (Å²) in [5.74, 6) is 1.49. The average molecular weight is 347 g/mol. The Bertz CT molecular complexity index is 717. The molecule has 2 aromatic rings. The Hall–Kier alpha value is -2.28. The van der Waals surface area contributed by atoms with Gasteiger partial charge in [0.05, 0.1) is 19.3 Å². The number of fused-ring (bicyclic) bond motifs is 1. The van der Waals surface area contributed by atoms with E-state index in [1.807, 2.05) is 38.2 Å². The van der Waals surface area contributed by atoms with Crippen molar-refractivity contribution >= 4 is 17.4 Å². The molecule has 0 saturated carbocycles. The van der Waals surface area contributed by atoms with Crippen LogP contribution in [0.1, 0.15) is 34.8 Å². The number of carbonyl (C=O) groups is 1. The lowest BCUT2D eigenvalue weighted by molar-refractivity contribution is 0.237. The number of amides is 2. The Morgan fingerprint density at radius 1 is 1.33 bits per heavy atom. The lowest BCUT2D eigenvalue weighted by Gasteiger charge is -2.13. The minimum absolute atomic E-state index is 0.118. The van der Waals surface area contributed by atoms with Gasteiger partial charge in [-0.3, -0.25) is 0 Å². The Kier molecular flexibility index (Phi) is 5.20. The number of rotatable bonds is 4. The smallest absolute Gasteiger partial charge is 0.315 e. The summed E-state index contributed by atoms with van der Waals surface area (Å²) < 4.78 is 11.3. The maximum atomic E-state index is 12.0. The number of urea groups is 1.